The van der Waals surface area contributed by atoms with Crippen LogP contribution >= 0.6 is 0 Å². The molecule has 1 aromatic heterocycles. The molecular weight excluding hydrogens is 204 g/mol. The highest BCUT2D eigenvalue weighted by Gasteiger charge is 2.29. The van der Waals surface area contributed by atoms with Gasteiger partial charge in [0.05, 0.1) is 12.2 Å². The van der Waals surface area contributed by atoms with Gasteiger partial charge >= 0.3 is 0 Å². The van der Waals surface area contributed by atoms with Crippen molar-refractivity contribution in [3.05, 3.63) is 24.2 Å². The molecule has 1 saturated carbocycles. The summed E-state index contributed by atoms with van der Waals surface area (Å²) in [5.74, 6) is 0.636. The van der Waals surface area contributed by atoms with E-state index in [1.54, 1.807) is 6.26 Å². The van der Waals surface area contributed by atoms with E-state index in [0.717, 1.165) is 31.4 Å². The molecule has 4 heteroatoms. The lowest BCUT2D eigenvalue weighted by Gasteiger charge is -2.13. The van der Waals surface area contributed by atoms with Crippen molar-refractivity contribution >= 4 is 5.91 Å². The van der Waals surface area contributed by atoms with Gasteiger partial charge in [0, 0.05) is 6.04 Å². The molecule has 1 unspecified atom stereocenters. The smallest absolute Gasteiger partial charge is 0.230 e. The van der Waals surface area contributed by atoms with Crippen molar-refractivity contribution in [1.29, 1.82) is 0 Å². The second kappa shape index (κ2) is 5.16. The summed E-state index contributed by atoms with van der Waals surface area (Å²) in [6, 6.07) is 4.06. The van der Waals surface area contributed by atoms with Crippen LogP contribution in [0.1, 0.15) is 37.4 Å². The van der Waals surface area contributed by atoms with E-state index in [-0.39, 0.29) is 11.8 Å². The minimum atomic E-state index is -0.181. The van der Waals surface area contributed by atoms with Gasteiger partial charge in [0.15, 0.2) is 0 Å². The van der Waals surface area contributed by atoms with Crippen LogP contribution in [0.2, 0.25) is 0 Å². The highest BCUT2D eigenvalue weighted by atomic mass is 16.3. The van der Waals surface area contributed by atoms with E-state index in [4.69, 9.17) is 10.2 Å². The van der Waals surface area contributed by atoms with E-state index in [1.165, 1.54) is 0 Å². The van der Waals surface area contributed by atoms with E-state index in [1.807, 2.05) is 12.1 Å². The molecule has 1 aliphatic carbocycles. The van der Waals surface area contributed by atoms with Crippen LogP contribution in [0.4, 0.5) is 0 Å². The van der Waals surface area contributed by atoms with E-state index in [0.29, 0.717) is 12.6 Å². The summed E-state index contributed by atoms with van der Waals surface area (Å²) in [4.78, 5) is 12.0. The Bertz CT molecular complexity index is 331. The largest absolute Gasteiger partial charge is 0.469 e. The Balaban J connectivity index is 1.98. The van der Waals surface area contributed by atoms with Gasteiger partial charge in [-0.05, 0) is 44.4 Å². The molecule has 1 amide bonds. The summed E-state index contributed by atoms with van der Waals surface area (Å²) in [6.45, 7) is 0.605. The molecule has 88 valence electrons. The normalized spacial score (nSPS) is 17.1. The second-order valence-electron chi connectivity index (χ2n) is 4.28. The Labute approximate surface area is 95.2 Å². The lowest BCUT2D eigenvalue weighted by Crippen LogP contribution is -2.31. The number of hydrogen-bond acceptors (Lipinski definition) is 3. The summed E-state index contributed by atoms with van der Waals surface area (Å²) in [5.41, 5.74) is 5.48. The fraction of sp³-hybridized carbons (Fsp3) is 0.583. The predicted molar refractivity (Wildman–Crippen MR) is 60.9 cm³/mol. The number of rotatable bonds is 6. The average Bonchev–Trinajstić information content (AvgIpc) is 2.93. The van der Waals surface area contributed by atoms with Crippen LogP contribution in [-0.2, 0) is 4.79 Å². The van der Waals surface area contributed by atoms with Crippen LogP contribution in [0.25, 0.3) is 0 Å². The summed E-state index contributed by atoms with van der Waals surface area (Å²) in [7, 11) is 0. The van der Waals surface area contributed by atoms with Crippen LogP contribution in [0.5, 0.6) is 0 Å². The molecule has 0 aliphatic heterocycles. The van der Waals surface area contributed by atoms with Crippen LogP contribution in [0.3, 0.4) is 0 Å². The van der Waals surface area contributed by atoms with Gasteiger partial charge in [0.1, 0.15) is 5.76 Å². The Kier molecular flexibility index (Phi) is 3.62. The number of carbonyl (C=O) groups excluding carboxylic acids is 1. The first kappa shape index (κ1) is 11.2. The van der Waals surface area contributed by atoms with Gasteiger partial charge < -0.3 is 15.5 Å². The standard InChI is InChI=1S/C12H18N2O2/c13-7-1-3-10(11-4-2-8-16-11)12(15)14-9-5-6-9/h2,4,8-10H,1,3,5-7,13H2,(H,14,15). The molecule has 0 aromatic carbocycles. The van der Waals surface area contributed by atoms with Crippen molar-refractivity contribution in [3.8, 4) is 0 Å². The quantitative estimate of drug-likeness (QED) is 0.764. The minimum absolute atomic E-state index is 0.0749. The topological polar surface area (TPSA) is 68.3 Å². The summed E-state index contributed by atoms with van der Waals surface area (Å²) in [5, 5.41) is 3.01. The molecule has 0 saturated heterocycles. The van der Waals surface area contributed by atoms with Gasteiger partial charge in [-0.15, -0.1) is 0 Å². The van der Waals surface area contributed by atoms with Gasteiger partial charge in [-0.1, -0.05) is 0 Å². The molecule has 0 bridgehead atoms. The lowest BCUT2D eigenvalue weighted by molar-refractivity contribution is -0.123. The molecule has 1 fully saturated rings. The summed E-state index contributed by atoms with van der Waals surface area (Å²) in [6.07, 6.45) is 5.40. The molecule has 3 N–H and O–H groups in total. The van der Waals surface area contributed by atoms with Gasteiger partial charge in [0.2, 0.25) is 5.91 Å². The monoisotopic (exact) mass is 222 g/mol. The third kappa shape index (κ3) is 2.85. The van der Waals surface area contributed by atoms with E-state index in [9.17, 15) is 4.79 Å². The Morgan fingerprint density at radius 2 is 2.44 bits per heavy atom. The summed E-state index contributed by atoms with van der Waals surface area (Å²) >= 11 is 0. The maximum absolute atomic E-state index is 12.0. The first-order valence-corrected chi connectivity index (χ1v) is 5.85. The maximum atomic E-state index is 12.0. The predicted octanol–water partition coefficient (Wildman–Crippen LogP) is 1.38. The average molecular weight is 222 g/mol. The van der Waals surface area contributed by atoms with Crippen molar-refractivity contribution < 1.29 is 9.21 Å². The number of nitrogens with two attached hydrogens (primary N) is 1. The third-order valence-corrected chi connectivity index (χ3v) is 2.82. The first-order valence-electron chi connectivity index (χ1n) is 5.85. The molecule has 1 heterocycles. The first-order chi connectivity index (χ1) is 7.81. The molecular formula is C12H18N2O2. The molecule has 16 heavy (non-hydrogen) atoms. The zero-order chi connectivity index (χ0) is 11.4. The zero-order valence-corrected chi connectivity index (χ0v) is 9.32. The van der Waals surface area contributed by atoms with Crippen LogP contribution < -0.4 is 11.1 Å². The number of amides is 1. The van der Waals surface area contributed by atoms with Crippen LogP contribution in [0, 0.1) is 0 Å². The van der Waals surface area contributed by atoms with Crippen molar-refractivity contribution in [2.24, 2.45) is 5.73 Å². The molecule has 1 aromatic rings. The third-order valence-electron chi connectivity index (χ3n) is 2.82. The molecule has 2 rings (SSSR count). The van der Waals surface area contributed by atoms with E-state index in [2.05, 4.69) is 5.32 Å². The Hall–Kier alpha value is -1.29. The van der Waals surface area contributed by atoms with Crippen molar-refractivity contribution in [2.75, 3.05) is 6.54 Å². The van der Waals surface area contributed by atoms with Crippen LogP contribution in [0.15, 0.2) is 22.8 Å². The number of hydrogen-bond donors (Lipinski definition) is 2. The highest BCUT2D eigenvalue weighted by Crippen LogP contribution is 2.25. The molecule has 1 aliphatic rings. The number of carbonyl (C=O) groups is 1. The Morgan fingerprint density at radius 1 is 1.62 bits per heavy atom. The van der Waals surface area contributed by atoms with Gasteiger partial charge in [-0.3, -0.25) is 4.79 Å². The molecule has 0 radical (unpaired) electrons. The zero-order valence-electron chi connectivity index (χ0n) is 9.32. The fourth-order valence-electron chi connectivity index (χ4n) is 1.74. The van der Waals surface area contributed by atoms with Gasteiger partial charge in [0.25, 0.3) is 0 Å². The van der Waals surface area contributed by atoms with E-state index < -0.39 is 0 Å². The van der Waals surface area contributed by atoms with Gasteiger partial charge in [-0.25, -0.2) is 0 Å². The maximum Gasteiger partial charge on any atom is 0.230 e. The SMILES string of the molecule is NCCCC(C(=O)NC1CC1)c1ccco1. The van der Waals surface area contributed by atoms with Crippen molar-refractivity contribution in [2.45, 2.75) is 37.6 Å². The number of furan rings is 1. The molecule has 1 atom stereocenters. The molecule has 0 spiro atoms. The fourth-order valence-corrected chi connectivity index (χ4v) is 1.74. The lowest BCUT2D eigenvalue weighted by atomic mass is 9.99. The van der Waals surface area contributed by atoms with E-state index >= 15 is 0 Å². The summed E-state index contributed by atoms with van der Waals surface area (Å²) < 4.78 is 5.31. The highest BCUT2D eigenvalue weighted by molar-refractivity contribution is 5.83. The van der Waals surface area contributed by atoms with Crippen molar-refractivity contribution in [3.63, 3.8) is 0 Å². The minimum Gasteiger partial charge on any atom is -0.469 e. The second-order valence-corrected chi connectivity index (χ2v) is 4.28. The van der Waals surface area contributed by atoms with Crippen molar-refractivity contribution in [1.82, 2.24) is 5.32 Å². The Morgan fingerprint density at radius 3 is 3.00 bits per heavy atom. The number of nitrogens with one attached hydrogen (secondary N) is 1. The molecule has 4 nitrogen and oxygen atoms in total. The van der Waals surface area contributed by atoms with Gasteiger partial charge in [-0.2, -0.15) is 0 Å². The van der Waals surface area contributed by atoms with Crippen LogP contribution in [-0.4, -0.2) is 18.5 Å².